The van der Waals surface area contributed by atoms with E-state index < -0.39 is 0 Å². The van der Waals surface area contributed by atoms with Crippen LogP contribution >= 0.6 is 46.4 Å². The Kier molecular flexibility index (Phi) is 6.54. The molecule has 0 spiro atoms. The van der Waals surface area contributed by atoms with Crippen LogP contribution in [0.5, 0.6) is 0 Å². The van der Waals surface area contributed by atoms with Crippen LogP contribution in [-0.2, 0) is 4.79 Å². The number of rotatable bonds is 4. The average Bonchev–Trinajstić information content (AvgIpc) is 2.61. The Morgan fingerprint density at radius 2 is 1.54 bits per heavy atom. The molecule has 0 aromatic heterocycles. The second-order valence-corrected chi connectivity index (χ2v) is 7.64. The fourth-order valence-corrected chi connectivity index (χ4v) is 3.63. The lowest BCUT2D eigenvalue weighted by Gasteiger charge is -2.35. The molecule has 1 saturated heterocycles. The molecule has 1 fully saturated rings. The molecule has 3 rings (SSSR count). The van der Waals surface area contributed by atoms with Crippen molar-refractivity contribution in [1.82, 2.24) is 4.90 Å². The van der Waals surface area contributed by atoms with E-state index in [2.05, 4.69) is 15.1 Å². The van der Waals surface area contributed by atoms with E-state index in [1.165, 1.54) is 0 Å². The molecule has 0 atom stereocenters. The standard InChI is InChI=1S/C18H17Cl4N3O/c19-13-5-4-12(10-16(13)22)25-8-6-24(7-9-25)11-17(26)23-18-14(20)2-1-3-15(18)21/h1-5,10H,6-9,11H2,(H,23,26). The van der Waals surface area contributed by atoms with Crippen LogP contribution in [0.25, 0.3) is 0 Å². The van der Waals surface area contributed by atoms with Crippen LogP contribution in [0.4, 0.5) is 11.4 Å². The molecule has 1 amide bonds. The molecule has 8 heteroatoms. The van der Waals surface area contributed by atoms with Crippen molar-refractivity contribution in [3.05, 3.63) is 56.5 Å². The van der Waals surface area contributed by atoms with Gasteiger partial charge in [0.2, 0.25) is 5.91 Å². The first kappa shape index (κ1) is 19.6. The minimum absolute atomic E-state index is 0.136. The second kappa shape index (κ2) is 8.68. The molecule has 0 unspecified atom stereocenters. The summed E-state index contributed by atoms with van der Waals surface area (Å²) in [5, 5.41) is 4.73. The van der Waals surface area contributed by atoms with Gasteiger partial charge in [0.05, 0.1) is 32.3 Å². The lowest BCUT2D eigenvalue weighted by atomic mass is 10.2. The molecule has 2 aromatic rings. The first-order chi connectivity index (χ1) is 12.4. The van der Waals surface area contributed by atoms with E-state index in [9.17, 15) is 4.79 Å². The first-order valence-electron chi connectivity index (χ1n) is 8.10. The van der Waals surface area contributed by atoms with E-state index in [0.717, 1.165) is 31.9 Å². The van der Waals surface area contributed by atoms with Gasteiger partial charge in [0.25, 0.3) is 0 Å². The molecular weight excluding hydrogens is 416 g/mol. The molecule has 0 aliphatic carbocycles. The van der Waals surface area contributed by atoms with Gasteiger partial charge in [0, 0.05) is 31.9 Å². The molecule has 26 heavy (non-hydrogen) atoms. The van der Waals surface area contributed by atoms with Crippen molar-refractivity contribution in [2.75, 3.05) is 42.9 Å². The Hall–Kier alpha value is -1.17. The van der Waals surface area contributed by atoms with Crippen LogP contribution in [0, 0.1) is 0 Å². The highest BCUT2D eigenvalue weighted by atomic mass is 35.5. The summed E-state index contributed by atoms with van der Waals surface area (Å²) in [6, 6.07) is 10.7. The van der Waals surface area contributed by atoms with Gasteiger partial charge in [-0.15, -0.1) is 0 Å². The number of hydrogen-bond donors (Lipinski definition) is 1. The number of anilines is 2. The normalized spacial score (nSPS) is 15.2. The smallest absolute Gasteiger partial charge is 0.238 e. The van der Waals surface area contributed by atoms with E-state index in [4.69, 9.17) is 46.4 Å². The fraction of sp³-hybridized carbons (Fsp3) is 0.278. The summed E-state index contributed by atoms with van der Waals surface area (Å²) in [7, 11) is 0. The monoisotopic (exact) mass is 431 g/mol. The Morgan fingerprint density at radius 1 is 0.885 bits per heavy atom. The van der Waals surface area contributed by atoms with E-state index in [-0.39, 0.29) is 12.5 Å². The summed E-state index contributed by atoms with van der Waals surface area (Å²) < 4.78 is 0. The summed E-state index contributed by atoms with van der Waals surface area (Å²) in [6.45, 7) is 3.43. The zero-order valence-corrected chi connectivity index (χ0v) is 16.8. The summed E-state index contributed by atoms with van der Waals surface area (Å²) in [5.41, 5.74) is 1.49. The first-order valence-corrected chi connectivity index (χ1v) is 9.61. The summed E-state index contributed by atoms with van der Waals surface area (Å²) >= 11 is 24.2. The fourth-order valence-electron chi connectivity index (χ4n) is 2.85. The Bertz CT molecular complexity index is 787. The summed E-state index contributed by atoms with van der Waals surface area (Å²) in [5.74, 6) is -0.136. The quantitative estimate of drug-likeness (QED) is 0.733. The SMILES string of the molecule is O=C(CN1CCN(c2ccc(Cl)c(Cl)c2)CC1)Nc1c(Cl)cccc1Cl. The molecule has 0 radical (unpaired) electrons. The van der Waals surface area contributed by atoms with Crippen molar-refractivity contribution in [1.29, 1.82) is 0 Å². The largest absolute Gasteiger partial charge is 0.369 e. The number of nitrogens with zero attached hydrogens (tertiary/aromatic N) is 2. The number of carbonyl (C=O) groups is 1. The zero-order chi connectivity index (χ0) is 18.7. The topological polar surface area (TPSA) is 35.6 Å². The Balaban J connectivity index is 1.53. The molecule has 2 aromatic carbocycles. The molecule has 4 nitrogen and oxygen atoms in total. The molecule has 0 saturated carbocycles. The van der Waals surface area contributed by atoms with Crippen molar-refractivity contribution >= 4 is 63.7 Å². The molecule has 1 aliphatic rings. The van der Waals surface area contributed by atoms with E-state index in [1.54, 1.807) is 24.3 Å². The number of benzene rings is 2. The lowest BCUT2D eigenvalue weighted by molar-refractivity contribution is -0.117. The molecule has 138 valence electrons. The second-order valence-electron chi connectivity index (χ2n) is 6.01. The van der Waals surface area contributed by atoms with Crippen molar-refractivity contribution in [2.45, 2.75) is 0 Å². The van der Waals surface area contributed by atoms with Crippen molar-refractivity contribution < 1.29 is 4.79 Å². The van der Waals surface area contributed by atoms with Crippen molar-refractivity contribution in [3.63, 3.8) is 0 Å². The van der Waals surface area contributed by atoms with Gasteiger partial charge in [-0.2, -0.15) is 0 Å². The Labute approximate surface area is 172 Å². The van der Waals surface area contributed by atoms with E-state index >= 15 is 0 Å². The van der Waals surface area contributed by atoms with E-state index in [0.29, 0.717) is 25.8 Å². The molecule has 0 bridgehead atoms. The highest BCUT2D eigenvalue weighted by Crippen LogP contribution is 2.30. The van der Waals surface area contributed by atoms with Gasteiger partial charge in [0.1, 0.15) is 0 Å². The highest BCUT2D eigenvalue weighted by molar-refractivity contribution is 6.42. The van der Waals surface area contributed by atoms with E-state index in [1.807, 2.05) is 12.1 Å². The van der Waals surface area contributed by atoms with Crippen LogP contribution in [-0.4, -0.2) is 43.5 Å². The lowest BCUT2D eigenvalue weighted by Crippen LogP contribution is -2.48. The van der Waals surface area contributed by atoms with Gasteiger partial charge in [-0.05, 0) is 30.3 Å². The van der Waals surface area contributed by atoms with Gasteiger partial charge in [-0.3, -0.25) is 9.69 Å². The van der Waals surface area contributed by atoms with Crippen LogP contribution in [0.1, 0.15) is 0 Å². The Morgan fingerprint density at radius 3 is 2.15 bits per heavy atom. The van der Waals surface area contributed by atoms with Gasteiger partial charge < -0.3 is 10.2 Å². The van der Waals surface area contributed by atoms with Gasteiger partial charge in [-0.25, -0.2) is 0 Å². The maximum absolute atomic E-state index is 12.3. The third-order valence-corrected chi connectivity index (χ3v) is 5.60. The van der Waals surface area contributed by atoms with Crippen molar-refractivity contribution in [2.24, 2.45) is 0 Å². The minimum Gasteiger partial charge on any atom is -0.369 e. The number of halogens is 4. The number of carbonyl (C=O) groups excluding carboxylic acids is 1. The molecular formula is C18H17Cl4N3O. The average molecular weight is 433 g/mol. The van der Waals surface area contributed by atoms with Crippen LogP contribution in [0.15, 0.2) is 36.4 Å². The number of para-hydroxylation sites is 1. The predicted molar refractivity (Wildman–Crippen MR) is 110 cm³/mol. The summed E-state index contributed by atoms with van der Waals surface area (Å²) in [4.78, 5) is 16.6. The zero-order valence-electron chi connectivity index (χ0n) is 13.8. The van der Waals surface area contributed by atoms with Crippen LogP contribution in [0.2, 0.25) is 20.1 Å². The van der Waals surface area contributed by atoms with Gasteiger partial charge in [0.15, 0.2) is 0 Å². The van der Waals surface area contributed by atoms with Gasteiger partial charge >= 0.3 is 0 Å². The minimum atomic E-state index is -0.136. The van der Waals surface area contributed by atoms with Crippen LogP contribution in [0.3, 0.4) is 0 Å². The molecule has 1 aliphatic heterocycles. The molecule has 1 N–H and O–H groups in total. The maximum atomic E-state index is 12.3. The number of amides is 1. The number of piperazine rings is 1. The predicted octanol–water partition coefficient (Wildman–Crippen LogP) is 5.06. The van der Waals surface area contributed by atoms with Gasteiger partial charge in [-0.1, -0.05) is 52.5 Å². The van der Waals surface area contributed by atoms with Crippen molar-refractivity contribution in [3.8, 4) is 0 Å². The third kappa shape index (κ3) is 4.76. The highest BCUT2D eigenvalue weighted by Gasteiger charge is 2.20. The number of hydrogen-bond acceptors (Lipinski definition) is 3. The molecule has 1 heterocycles. The van der Waals surface area contributed by atoms with Crippen LogP contribution < -0.4 is 10.2 Å². The summed E-state index contributed by atoms with van der Waals surface area (Å²) in [6.07, 6.45) is 0. The third-order valence-electron chi connectivity index (χ3n) is 4.24. The maximum Gasteiger partial charge on any atom is 0.238 e. The number of nitrogens with one attached hydrogen (secondary N) is 1.